The van der Waals surface area contributed by atoms with Crippen LogP contribution in [0.2, 0.25) is 0 Å². The number of hydrogen-bond donors (Lipinski definition) is 2. The van der Waals surface area contributed by atoms with Crippen molar-refractivity contribution in [3.05, 3.63) is 35.4 Å². The molecule has 0 saturated carbocycles. The molecule has 78 valence electrons. The van der Waals surface area contributed by atoms with Gasteiger partial charge in [0, 0.05) is 12.6 Å². The first kappa shape index (κ1) is 11.2. The standard InChI is InChI=1S/C12H19NO/c1-9-5-4-6-12(7-9)11(3)13-8-10(2)14/h4-7,10-11,13-14H,8H2,1-3H3/t10-,11?/m1/s1. The molecule has 0 spiro atoms. The van der Waals surface area contributed by atoms with Crippen LogP contribution in [0.15, 0.2) is 24.3 Å². The number of aliphatic hydroxyl groups is 1. The highest BCUT2D eigenvalue weighted by Gasteiger charge is 2.05. The second-order valence-corrected chi connectivity index (χ2v) is 3.89. The van der Waals surface area contributed by atoms with Gasteiger partial charge in [0.2, 0.25) is 0 Å². The maximum absolute atomic E-state index is 9.14. The van der Waals surface area contributed by atoms with Crippen LogP contribution >= 0.6 is 0 Å². The average Bonchev–Trinajstić information content (AvgIpc) is 2.14. The summed E-state index contributed by atoms with van der Waals surface area (Å²) < 4.78 is 0. The van der Waals surface area contributed by atoms with E-state index in [2.05, 4.69) is 43.4 Å². The summed E-state index contributed by atoms with van der Waals surface area (Å²) in [5.74, 6) is 0. The summed E-state index contributed by atoms with van der Waals surface area (Å²) in [5, 5.41) is 12.4. The van der Waals surface area contributed by atoms with Gasteiger partial charge in [0.05, 0.1) is 6.10 Å². The number of aryl methyl sites for hydroxylation is 1. The van der Waals surface area contributed by atoms with Crippen molar-refractivity contribution in [2.75, 3.05) is 6.54 Å². The van der Waals surface area contributed by atoms with E-state index in [9.17, 15) is 0 Å². The van der Waals surface area contributed by atoms with Crippen molar-refractivity contribution in [3.8, 4) is 0 Å². The second-order valence-electron chi connectivity index (χ2n) is 3.89. The van der Waals surface area contributed by atoms with Crippen LogP contribution in [0, 0.1) is 6.92 Å². The lowest BCUT2D eigenvalue weighted by atomic mass is 10.1. The van der Waals surface area contributed by atoms with Crippen LogP contribution in [-0.2, 0) is 0 Å². The largest absolute Gasteiger partial charge is 0.392 e. The van der Waals surface area contributed by atoms with Crippen LogP contribution in [0.4, 0.5) is 0 Å². The van der Waals surface area contributed by atoms with Crippen LogP contribution in [0.25, 0.3) is 0 Å². The highest BCUT2D eigenvalue weighted by Crippen LogP contribution is 2.13. The van der Waals surface area contributed by atoms with E-state index >= 15 is 0 Å². The molecule has 1 aromatic rings. The van der Waals surface area contributed by atoms with Gasteiger partial charge in [-0.2, -0.15) is 0 Å². The smallest absolute Gasteiger partial charge is 0.0636 e. The maximum Gasteiger partial charge on any atom is 0.0636 e. The molecule has 1 aromatic carbocycles. The molecule has 14 heavy (non-hydrogen) atoms. The molecule has 0 bridgehead atoms. The molecular weight excluding hydrogens is 174 g/mol. The molecule has 2 N–H and O–H groups in total. The first-order chi connectivity index (χ1) is 6.59. The van der Waals surface area contributed by atoms with Crippen LogP contribution < -0.4 is 5.32 Å². The van der Waals surface area contributed by atoms with Crippen molar-refractivity contribution >= 4 is 0 Å². The summed E-state index contributed by atoms with van der Waals surface area (Å²) in [4.78, 5) is 0. The molecule has 0 heterocycles. The van der Waals surface area contributed by atoms with Crippen molar-refractivity contribution < 1.29 is 5.11 Å². The number of benzene rings is 1. The van der Waals surface area contributed by atoms with E-state index in [1.807, 2.05) is 0 Å². The average molecular weight is 193 g/mol. The van der Waals surface area contributed by atoms with E-state index in [0.29, 0.717) is 12.6 Å². The molecule has 1 rings (SSSR count). The summed E-state index contributed by atoms with van der Waals surface area (Å²) in [6, 6.07) is 8.72. The normalized spacial score (nSPS) is 15.1. The molecule has 2 heteroatoms. The van der Waals surface area contributed by atoms with E-state index in [1.54, 1.807) is 6.92 Å². The molecule has 2 atom stereocenters. The van der Waals surface area contributed by atoms with Crippen LogP contribution in [0.3, 0.4) is 0 Å². The van der Waals surface area contributed by atoms with Crippen molar-refractivity contribution in [1.82, 2.24) is 5.32 Å². The third-order valence-corrected chi connectivity index (χ3v) is 2.26. The Labute approximate surface area is 86.0 Å². The van der Waals surface area contributed by atoms with Crippen molar-refractivity contribution in [3.63, 3.8) is 0 Å². The molecule has 0 amide bonds. The third kappa shape index (κ3) is 3.48. The second kappa shape index (κ2) is 5.13. The molecule has 0 aliphatic heterocycles. The Hall–Kier alpha value is -0.860. The number of rotatable bonds is 4. The molecule has 0 aliphatic carbocycles. The Kier molecular flexibility index (Phi) is 4.11. The van der Waals surface area contributed by atoms with E-state index in [-0.39, 0.29) is 6.10 Å². The lowest BCUT2D eigenvalue weighted by Crippen LogP contribution is -2.27. The summed E-state index contributed by atoms with van der Waals surface area (Å²) in [6.07, 6.45) is -0.290. The Morgan fingerprint density at radius 1 is 1.36 bits per heavy atom. The van der Waals surface area contributed by atoms with Gasteiger partial charge < -0.3 is 10.4 Å². The van der Waals surface area contributed by atoms with Gasteiger partial charge >= 0.3 is 0 Å². The van der Waals surface area contributed by atoms with Crippen LogP contribution in [-0.4, -0.2) is 17.8 Å². The Bertz CT molecular complexity index is 283. The van der Waals surface area contributed by atoms with Gasteiger partial charge in [-0.15, -0.1) is 0 Å². The van der Waals surface area contributed by atoms with E-state index in [1.165, 1.54) is 11.1 Å². The monoisotopic (exact) mass is 193 g/mol. The zero-order valence-electron chi connectivity index (χ0n) is 9.12. The molecule has 0 fully saturated rings. The molecule has 1 unspecified atom stereocenters. The van der Waals surface area contributed by atoms with Gasteiger partial charge in [0.25, 0.3) is 0 Å². The zero-order valence-corrected chi connectivity index (χ0v) is 9.12. The molecule has 0 saturated heterocycles. The van der Waals surface area contributed by atoms with Crippen molar-refractivity contribution in [1.29, 1.82) is 0 Å². The fourth-order valence-electron chi connectivity index (χ4n) is 1.40. The van der Waals surface area contributed by atoms with E-state index in [0.717, 1.165) is 0 Å². The van der Waals surface area contributed by atoms with Gasteiger partial charge in [-0.3, -0.25) is 0 Å². The SMILES string of the molecule is Cc1cccc(C(C)NC[C@@H](C)O)c1. The Morgan fingerprint density at radius 3 is 2.64 bits per heavy atom. The molecule has 0 aliphatic rings. The van der Waals surface area contributed by atoms with Crippen LogP contribution in [0.1, 0.15) is 31.0 Å². The lowest BCUT2D eigenvalue weighted by Gasteiger charge is -2.15. The van der Waals surface area contributed by atoms with Crippen molar-refractivity contribution in [2.45, 2.75) is 32.9 Å². The van der Waals surface area contributed by atoms with E-state index < -0.39 is 0 Å². The Morgan fingerprint density at radius 2 is 2.07 bits per heavy atom. The quantitative estimate of drug-likeness (QED) is 0.767. The molecule has 0 aromatic heterocycles. The highest BCUT2D eigenvalue weighted by atomic mass is 16.3. The minimum absolute atomic E-state index is 0.290. The molecule has 0 radical (unpaired) electrons. The van der Waals surface area contributed by atoms with Crippen LogP contribution in [0.5, 0.6) is 0 Å². The predicted octanol–water partition coefficient (Wildman–Crippen LogP) is 2.03. The van der Waals surface area contributed by atoms with Gasteiger partial charge in [-0.25, -0.2) is 0 Å². The van der Waals surface area contributed by atoms with Gasteiger partial charge in [-0.1, -0.05) is 29.8 Å². The van der Waals surface area contributed by atoms with Gasteiger partial charge in [-0.05, 0) is 26.3 Å². The Balaban J connectivity index is 2.56. The summed E-state index contributed by atoms with van der Waals surface area (Å²) in [6.45, 7) is 6.62. The number of hydrogen-bond acceptors (Lipinski definition) is 2. The minimum atomic E-state index is -0.290. The van der Waals surface area contributed by atoms with Gasteiger partial charge in [0.15, 0.2) is 0 Å². The molecular formula is C12H19NO. The fourth-order valence-corrected chi connectivity index (χ4v) is 1.40. The summed E-state index contributed by atoms with van der Waals surface area (Å²) >= 11 is 0. The summed E-state index contributed by atoms with van der Waals surface area (Å²) in [5.41, 5.74) is 2.54. The number of aliphatic hydroxyl groups excluding tert-OH is 1. The maximum atomic E-state index is 9.14. The zero-order chi connectivity index (χ0) is 10.6. The third-order valence-electron chi connectivity index (χ3n) is 2.26. The number of nitrogens with one attached hydrogen (secondary N) is 1. The lowest BCUT2D eigenvalue weighted by molar-refractivity contribution is 0.187. The first-order valence-electron chi connectivity index (χ1n) is 5.07. The highest BCUT2D eigenvalue weighted by molar-refractivity contribution is 5.24. The predicted molar refractivity (Wildman–Crippen MR) is 59.3 cm³/mol. The van der Waals surface area contributed by atoms with E-state index in [4.69, 9.17) is 5.11 Å². The fraction of sp³-hybridized carbons (Fsp3) is 0.500. The molecule has 2 nitrogen and oxygen atoms in total. The van der Waals surface area contributed by atoms with Gasteiger partial charge in [0.1, 0.15) is 0 Å². The topological polar surface area (TPSA) is 32.3 Å². The summed E-state index contributed by atoms with van der Waals surface area (Å²) in [7, 11) is 0. The minimum Gasteiger partial charge on any atom is -0.392 e. The first-order valence-corrected chi connectivity index (χ1v) is 5.07. The van der Waals surface area contributed by atoms with Crippen molar-refractivity contribution in [2.24, 2.45) is 0 Å².